The SMILES string of the molecule is CCCCCCCCCCCCCCCCCCCCSCC(=O)Nc1c(C(C)C)cccc1C(C)C. The molecule has 0 heterocycles. The van der Waals surface area contributed by atoms with E-state index in [9.17, 15) is 4.79 Å². The molecule has 1 amide bonds. The number of carbonyl (C=O) groups is 1. The van der Waals surface area contributed by atoms with Crippen molar-refractivity contribution >= 4 is 23.4 Å². The van der Waals surface area contributed by atoms with Crippen molar-refractivity contribution in [3.8, 4) is 0 Å². The summed E-state index contributed by atoms with van der Waals surface area (Å²) in [7, 11) is 0. The third-order valence-corrected chi connectivity index (χ3v) is 8.56. The van der Waals surface area contributed by atoms with Gasteiger partial charge in [-0.3, -0.25) is 4.79 Å². The lowest BCUT2D eigenvalue weighted by atomic mass is 9.92. The summed E-state index contributed by atoms with van der Waals surface area (Å²) in [5.74, 6) is 2.60. The monoisotopic (exact) mass is 531 g/mol. The van der Waals surface area contributed by atoms with Gasteiger partial charge in [0.15, 0.2) is 0 Å². The van der Waals surface area contributed by atoms with Crippen LogP contribution in [0.2, 0.25) is 0 Å². The summed E-state index contributed by atoms with van der Waals surface area (Å²) < 4.78 is 0. The van der Waals surface area contributed by atoms with Crippen LogP contribution in [-0.2, 0) is 4.79 Å². The normalized spacial score (nSPS) is 11.5. The molecule has 0 bridgehead atoms. The zero-order valence-corrected chi connectivity index (χ0v) is 26.2. The summed E-state index contributed by atoms with van der Waals surface area (Å²) >= 11 is 1.79. The molecule has 0 unspecified atom stereocenters. The van der Waals surface area contributed by atoms with Gasteiger partial charge in [-0.25, -0.2) is 0 Å². The van der Waals surface area contributed by atoms with Gasteiger partial charge in [-0.05, 0) is 35.1 Å². The Balaban J connectivity index is 1.95. The van der Waals surface area contributed by atoms with Crippen molar-refractivity contribution in [2.24, 2.45) is 0 Å². The Morgan fingerprint density at radius 1 is 0.649 bits per heavy atom. The van der Waals surface area contributed by atoms with Crippen LogP contribution < -0.4 is 5.32 Å². The Kier molecular flexibility index (Phi) is 21.2. The van der Waals surface area contributed by atoms with E-state index in [1.54, 1.807) is 11.8 Å². The Morgan fingerprint density at radius 3 is 1.41 bits per heavy atom. The number of amides is 1. The van der Waals surface area contributed by atoms with Crippen molar-refractivity contribution in [3.63, 3.8) is 0 Å². The highest BCUT2D eigenvalue weighted by Crippen LogP contribution is 2.32. The predicted molar refractivity (Wildman–Crippen MR) is 169 cm³/mol. The Bertz CT molecular complexity index is 658. The molecule has 1 N–H and O–H groups in total. The molecule has 0 atom stereocenters. The number of hydrogen-bond acceptors (Lipinski definition) is 2. The van der Waals surface area contributed by atoms with Crippen LogP contribution >= 0.6 is 11.8 Å². The molecule has 0 radical (unpaired) electrons. The number of carbonyl (C=O) groups excluding carboxylic acids is 1. The average Bonchev–Trinajstić information content (AvgIpc) is 2.87. The first-order chi connectivity index (χ1) is 18.0. The second-order valence-corrected chi connectivity index (χ2v) is 12.8. The number of hydrogen-bond donors (Lipinski definition) is 1. The molecule has 0 spiro atoms. The molecule has 0 aliphatic heterocycles. The van der Waals surface area contributed by atoms with Crippen LogP contribution in [0.1, 0.15) is 173 Å². The van der Waals surface area contributed by atoms with E-state index < -0.39 is 0 Å². The molecule has 1 rings (SSSR count). The Labute approximate surface area is 235 Å². The highest BCUT2D eigenvalue weighted by Gasteiger charge is 2.15. The van der Waals surface area contributed by atoms with Gasteiger partial charge >= 0.3 is 0 Å². The van der Waals surface area contributed by atoms with Crippen LogP contribution in [0.3, 0.4) is 0 Å². The van der Waals surface area contributed by atoms with Gasteiger partial charge in [-0.2, -0.15) is 11.8 Å². The molecule has 0 aliphatic carbocycles. The maximum atomic E-state index is 12.6. The van der Waals surface area contributed by atoms with Crippen molar-refractivity contribution in [1.29, 1.82) is 0 Å². The van der Waals surface area contributed by atoms with Crippen molar-refractivity contribution in [2.75, 3.05) is 16.8 Å². The number of thioether (sulfide) groups is 1. The first-order valence-electron chi connectivity index (χ1n) is 16.0. The molecular formula is C34H61NOS. The number of rotatable bonds is 24. The molecule has 2 nitrogen and oxygen atoms in total. The van der Waals surface area contributed by atoms with Gasteiger partial charge in [0.1, 0.15) is 0 Å². The molecule has 1 aromatic rings. The summed E-state index contributed by atoms with van der Waals surface area (Å²) in [4.78, 5) is 12.6. The zero-order chi connectivity index (χ0) is 27.1. The minimum atomic E-state index is 0.141. The lowest BCUT2D eigenvalue weighted by Crippen LogP contribution is -2.18. The molecule has 0 saturated heterocycles. The summed E-state index contributed by atoms with van der Waals surface area (Å²) in [5.41, 5.74) is 3.53. The number of benzene rings is 1. The predicted octanol–water partition coefficient (Wildman–Crippen LogP) is 11.6. The van der Waals surface area contributed by atoms with Crippen molar-refractivity contribution in [2.45, 2.75) is 162 Å². The van der Waals surface area contributed by atoms with Crippen LogP contribution in [0, 0.1) is 0 Å². The molecule has 214 valence electrons. The van der Waals surface area contributed by atoms with Gasteiger partial charge in [-0.15, -0.1) is 0 Å². The smallest absolute Gasteiger partial charge is 0.234 e. The standard InChI is InChI=1S/C34H61NOS/c1-6-7-8-9-10-11-12-13-14-15-16-17-18-19-20-21-22-23-27-37-28-33(36)35-34-31(29(2)3)25-24-26-32(34)30(4)5/h24-26,29-30H,6-23,27-28H2,1-5H3,(H,35,36). The van der Waals surface area contributed by atoms with Gasteiger partial charge in [0, 0.05) is 5.69 Å². The van der Waals surface area contributed by atoms with Crippen LogP contribution in [0.4, 0.5) is 5.69 Å². The van der Waals surface area contributed by atoms with E-state index in [-0.39, 0.29) is 5.91 Å². The maximum absolute atomic E-state index is 12.6. The molecule has 0 aliphatic rings. The fourth-order valence-corrected chi connectivity index (χ4v) is 5.95. The maximum Gasteiger partial charge on any atom is 0.234 e. The molecule has 0 saturated carbocycles. The molecule has 1 aromatic carbocycles. The minimum Gasteiger partial charge on any atom is -0.325 e. The van der Waals surface area contributed by atoms with E-state index in [4.69, 9.17) is 0 Å². The zero-order valence-electron chi connectivity index (χ0n) is 25.3. The molecule has 0 aromatic heterocycles. The van der Waals surface area contributed by atoms with Crippen LogP contribution in [0.25, 0.3) is 0 Å². The van der Waals surface area contributed by atoms with Gasteiger partial charge in [0.25, 0.3) is 0 Å². The summed E-state index contributed by atoms with van der Waals surface area (Å²) in [6, 6.07) is 6.42. The second kappa shape index (κ2) is 23.0. The lowest BCUT2D eigenvalue weighted by molar-refractivity contribution is -0.113. The van der Waals surface area contributed by atoms with Crippen molar-refractivity contribution in [3.05, 3.63) is 29.3 Å². The third-order valence-electron chi connectivity index (χ3n) is 7.51. The fourth-order valence-electron chi connectivity index (χ4n) is 5.14. The van der Waals surface area contributed by atoms with E-state index in [1.807, 2.05) is 0 Å². The van der Waals surface area contributed by atoms with E-state index in [0.29, 0.717) is 17.6 Å². The Hall–Kier alpha value is -0.960. The van der Waals surface area contributed by atoms with E-state index >= 15 is 0 Å². The van der Waals surface area contributed by atoms with Crippen LogP contribution in [-0.4, -0.2) is 17.4 Å². The van der Waals surface area contributed by atoms with Gasteiger partial charge < -0.3 is 5.32 Å². The largest absolute Gasteiger partial charge is 0.325 e. The number of para-hydroxylation sites is 1. The molecular weight excluding hydrogens is 470 g/mol. The highest BCUT2D eigenvalue weighted by molar-refractivity contribution is 7.99. The highest BCUT2D eigenvalue weighted by atomic mass is 32.2. The second-order valence-electron chi connectivity index (χ2n) is 11.7. The molecule has 3 heteroatoms. The lowest BCUT2D eigenvalue weighted by Gasteiger charge is -2.20. The molecule has 0 fully saturated rings. The number of anilines is 1. The Morgan fingerprint density at radius 2 is 1.03 bits per heavy atom. The van der Waals surface area contributed by atoms with E-state index in [2.05, 4.69) is 58.1 Å². The number of unbranched alkanes of at least 4 members (excludes halogenated alkanes) is 17. The van der Waals surface area contributed by atoms with Crippen molar-refractivity contribution in [1.82, 2.24) is 0 Å². The first-order valence-corrected chi connectivity index (χ1v) is 17.1. The van der Waals surface area contributed by atoms with Crippen LogP contribution in [0.5, 0.6) is 0 Å². The number of nitrogens with one attached hydrogen (secondary N) is 1. The van der Waals surface area contributed by atoms with E-state index in [1.165, 1.54) is 127 Å². The summed E-state index contributed by atoms with van der Waals surface area (Å²) in [6.45, 7) is 11.1. The quantitative estimate of drug-likeness (QED) is 0.134. The third kappa shape index (κ3) is 17.3. The average molecular weight is 532 g/mol. The minimum absolute atomic E-state index is 0.141. The first kappa shape index (κ1) is 34.1. The van der Waals surface area contributed by atoms with Crippen LogP contribution in [0.15, 0.2) is 18.2 Å². The van der Waals surface area contributed by atoms with Gasteiger partial charge in [0.2, 0.25) is 5.91 Å². The van der Waals surface area contributed by atoms with Gasteiger partial charge in [0.05, 0.1) is 5.75 Å². The van der Waals surface area contributed by atoms with Gasteiger partial charge in [-0.1, -0.05) is 162 Å². The fraction of sp³-hybridized carbons (Fsp3) is 0.794. The van der Waals surface area contributed by atoms with E-state index in [0.717, 1.165) is 11.4 Å². The molecule has 37 heavy (non-hydrogen) atoms. The topological polar surface area (TPSA) is 29.1 Å². The van der Waals surface area contributed by atoms with Crippen molar-refractivity contribution < 1.29 is 4.79 Å². The summed E-state index contributed by atoms with van der Waals surface area (Å²) in [5, 5.41) is 3.24. The summed E-state index contributed by atoms with van der Waals surface area (Å²) in [6.07, 6.45) is 25.4.